The van der Waals surface area contributed by atoms with Crippen LogP contribution in [0.1, 0.15) is 59.3 Å². The van der Waals surface area contributed by atoms with Crippen LogP contribution in [0.4, 0.5) is 0 Å². The first-order chi connectivity index (χ1) is 9.15. The summed E-state index contributed by atoms with van der Waals surface area (Å²) in [7, 11) is 0. The van der Waals surface area contributed by atoms with Crippen LogP contribution < -0.4 is 5.32 Å². The maximum Gasteiger partial charge on any atom is 0.193 e. The Balaban J connectivity index is 0.00000200. The third-order valence-corrected chi connectivity index (χ3v) is 4.70. The number of hydrogen-bond acceptors (Lipinski definition) is 1. The molecule has 1 aliphatic carbocycles. The van der Waals surface area contributed by atoms with E-state index in [0.717, 1.165) is 25.0 Å². The Labute approximate surface area is 142 Å². The van der Waals surface area contributed by atoms with Crippen LogP contribution in [0.25, 0.3) is 0 Å². The molecule has 1 aliphatic heterocycles. The molecule has 3 nitrogen and oxygen atoms in total. The molecule has 2 rings (SSSR count). The minimum atomic E-state index is 0. The largest absolute Gasteiger partial charge is 0.357 e. The van der Waals surface area contributed by atoms with Gasteiger partial charge >= 0.3 is 0 Å². The molecular weight excluding hydrogens is 361 g/mol. The molecule has 0 aromatic rings. The number of nitrogens with one attached hydrogen (secondary N) is 1. The van der Waals surface area contributed by atoms with Crippen LogP contribution in [-0.2, 0) is 0 Å². The lowest BCUT2D eigenvalue weighted by molar-refractivity contribution is 0.309. The molecule has 4 heteroatoms. The molecule has 1 saturated carbocycles. The lowest BCUT2D eigenvalue weighted by Gasteiger charge is -2.26. The van der Waals surface area contributed by atoms with Crippen molar-refractivity contribution in [2.24, 2.45) is 16.3 Å². The van der Waals surface area contributed by atoms with Gasteiger partial charge in [-0.25, -0.2) is 0 Å². The summed E-state index contributed by atoms with van der Waals surface area (Å²) in [5.74, 6) is 1.90. The minimum absolute atomic E-state index is 0. The Morgan fingerprint density at radius 1 is 1.25 bits per heavy atom. The highest BCUT2D eigenvalue weighted by Crippen LogP contribution is 2.45. The van der Waals surface area contributed by atoms with E-state index in [1.807, 2.05) is 0 Å². The van der Waals surface area contributed by atoms with Crippen LogP contribution in [0.3, 0.4) is 0 Å². The molecule has 0 aromatic heterocycles. The quantitative estimate of drug-likeness (QED) is 0.446. The third-order valence-electron chi connectivity index (χ3n) is 4.70. The SMILES string of the molecule is CCNC(=NCCC(C)C)N1CCC2(CCCC2)C1.I. The molecule has 0 aromatic carbocycles. The first kappa shape index (κ1) is 18.1. The number of aliphatic imine (C=N–C) groups is 1. The lowest BCUT2D eigenvalue weighted by atomic mass is 9.86. The number of rotatable bonds is 4. The lowest BCUT2D eigenvalue weighted by Crippen LogP contribution is -2.41. The fourth-order valence-corrected chi connectivity index (χ4v) is 3.50. The second-order valence-corrected chi connectivity index (χ2v) is 6.80. The van der Waals surface area contributed by atoms with Gasteiger partial charge in [-0.1, -0.05) is 26.7 Å². The van der Waals surface area contributed by atoms with E-state index < -0.39 is 0 Å². The molecule has 1 N–H and O–H groups in total. The molecule has 1 spiro atoms. The zero-order valence-electron chi connectivity index (χ0n) is 13.5. The Kier molecular flexibility index (Phi) is 7.62. The topological polar surface area (TPSA) is 27.6 Å². The molecule has 0 radical (unpaired) electrons. The summed E-state index contributed by atoms with van der Waals surface area (Å²) in [5, 5.41) is 3.48. The fraction of sp³-hybridized carbons (Fsp3) is 0.938. The third kappa shape index (κ3) is 4.78. The fourth-order valence-electron chi connectivity index (χ4n) is 3.50. The zero-order valence-corrected chi connectivity index (χ0v) is 15.8. The summed E-state index contributed by atoms with van der Waals surface area (Å²) in [6.07, 6.45) is 8.32. The van der Waals surface area contributed by atoms with Gasteiger partial charge in [-0.15, -0.1) is 24.0 Å². The number of likely N-dealkylation sites (tertiary alicyclic amines) is 1. The average molecular weight is 393 g/mol. The standard InChI is InChI=1S/C16H31N3.HI/c1-4-17-15(18-11-7-14(2)3)19-12-10-16(13-19)8-5-6-9-16;/h14H,4-13H2,1-3H3,(H,17,18);1H. The van der Waals surface area contributed by atoms with Gasteiger partial charge in [0.2, 0.25) is 0 Å². The van der Waals surface area contributed by atoms with Crippen molar-refractivity contribution in [2.75, 3.05) is 26.2 Å². The van der Waals surface area contributed by atoms with E-state index in [4.69, 9.17) is 4.99 Å². The molecule has 2 aliphatic rings. The highest BCUT2D eigenvalue weighted by Gasteiger charge is 2.40. The van der Waals surface area contributed by atoms with E-state index in [1.165, 1.54) is 51.6 Å². The van der Waals surface area contributed by atoms with Gasteiger partial charge in [0, 0.05) is 26.2 Å². The van der Waals surface area contributed by atoms with Crippen molar-refractivity contribution in [3.63, 3.8) is 0 Å². The van der Waals surface area contributed by atoms with Gasteiger partial charge in [-0.05, 0) is 43.9 Å². The first-order valence-corrected chi connectivity index (χ1v) is 8.18. The van der Waals surface area contributed by atoms with E-state index in [2.05, 4.69) is 31.0 Å². The Morgan fingerprint density at radius 3 is 2.55 bits per heavy atom. The predicted molar refractivity (Wildman–Crippen MR) is 97.9 cm³/mol. The van der Waals surface area contributed by atoms with Crippen molar-refractivity contribution in [1.82, 2.24) is 10.2 Å². The Bertz CT molecular complexity index is 309. The van der Waals surface area contributed by atoms with Crippen LogP contribution in [-0.4, -0.2) is 37.0 Å². The number of nitrogens with zero attached hydrogens (tertiary/aromatic N) is 2. The summed E-state index contributed by atoms with van der Waals surface area (Å²) < 4.78 is 0. The van der Waals surface area contributed by atoms with Gasteiger partial charge in [-0.3, -0.25) is 4.99 Å². The van der Waals surface area contributed by atoms with Crippen molar-refractivity contribution < 1.29 is 0 Å². The monoisotopic (exact) mass is 393 g/mol. The maximum absolute atomic E-state index is 4.82. The van der Waals surface area contributed by atoms with Crippen LogP contribution >= 0.6 is 24.0 Å². The Hall–Kier alpha value is 0. The highest BCUT2D eigenvalue weighted by atomic mass is 127. The van der Waals surface area contributed by atoms with E-state index in [-0.39, 0.29) is 24.0 Å². The predicted octanol–water partition coefficient (Wildman–Crippen LogP) is 3.88. The van der Waals surface area contributed by atoms with Crippen molar-refractivity contribution in [1.29, 1.82) is 0 Å². The van der Waals surface area contributed by atoms with Crippen LogP contribution in [0.5, 0.6) is 0 Å². The van der Waals surface area contributed by atoms with Crippen LogP contribution in [0, 0.1) is 11.3 Å². The molecule has 0 bridgehead atoms. The van der Waals surface area contributed by atoms with Gasteiger partial charge in [0.1, 0.15) is 0 Å². The average Bonchev–Trinajstić information content (AvgIpc) is 2.99. The van der Waals surface area contributed by atoms with Gasteiger partial charge in [0.25, 0.3) is 0 Å². The number of halogens is 1. The highest BCUT2D eigenvalue weighted by molar-refractivity contribution is 14.0. The summed E-state index contributed by atoms with van der Waals surface area (Å²) in [4.78, 5) is 7.33. The summed E-state index contributed by atoms with van der Waals surface area (Å²) in [6, 6.07) is 0. The van der Waals surface area contributed by atoms with E-state index in [1.54, 1.807) is 0 Å². The molecule has 0 atom stereocenters. The van der Waals surface area contributed by atoms with E-state index in [9.17, 15) is 0 Å². The van der Waals surface area contributed by atoms with Gasteiger partial charge in [0.15, 0.2) is 5.96 Å². The Morgan fingerprint density at radius 2 is 1.95 bits per heavy atom. The molecule has 118 valence electrons. The molecule has 0 unspecified atom stereocenters. The van der Waals surface area contributed by atoms with Gasteiger partial charge in [0.05, 0.1) is 0 Å². The van der Waals surface area contributed by atoms with Crippen LogP contribution in [0.15, 0.2) is 4.99 Å². The van der Waals surface area contributed by atoms with E-state index in [0.29, 0.717) is 5.41 Å². The van der Waals surface area contributed by atoms with Crippen molar-refractivity contribution in [3.8, 4) is 0 Å². The van der Waals surface area contributed by atoms with Crippen molar-refractivity contribution in [2.45, 2.75) is 59.3 Å². The normalized spacial score (nSPS) is 21.6. The number of hydrogen-bond donors (Lipinski definition) is 1. The summed E-state index contributed by atoms with van der Waals surface area (Å²) >= 11 is 0. The summed E-state index contributed by atoms with van der Waals surface area (Å²) in [5.41, 5.74) is 0.633. The molecule has 0 amide bonds. The first-order valence-electron chi connectivity index (χ1n) is 8.18. The second kappa shape index (κ2) is 8.44. The second-order valence-electron chi connectivity index (χ2n) is 6.80. The van der Waals surface area contributed by atoms with E-state index >= 15 is 0 Å². The van der Waals surface area contributed by atoms with Gasteiger partial charge in [-0.2, -0.15) is 0 Å². The molecule has 2 fully saturated rings. The maximum atomic E-state index is 4.82. The van der Waals surface area contributed by atoms with Crippen LogP contribution in [0.2, 0.25) is 0 Å². The van der Waals surface area contributed by atoms with Crippen molar-refractivity contribution in [3.05, 3.63) is 0 Å². The molecule has 1 saturated heterocycles. The smallest absolute Gasteiger partial charge is 0.193 e. The zero-order chi connectivity index (χ0) is 13.7. The van der Waals surface area contributed by atoms with Gasteiger partial charge < -0.3 is 10.2 Å². The number of guanidine groups is 1. The summed E-state index contributed by atoms with van der Waals surface area (Å²) in [6.45, 7) is 11.1. The minimum Gasteiger partial charge on any atom is -0.357 e. The molecule has 20 heavy (non-hydrogen) atoms. The molecular formula is C16H32IN3. The molecule has 1 heterocycles. The van der Waals surface area contributed by atoms with Crippen molar-refractivity contribution >= 4 is 29.9 Å².